The first-order valence-electron chi connectivity index (χ1n) is 5.60. The molecule has 2 N–H and O–H groups in total. The highest BCUT2D eigenvalue weighted by atomic mass is 19.1. The molecule has 1 aromatic carbocycles. The molecule has 0 saturated heterocycles. The molecule has 0 aromatic heterocycles. The largest absolute Gasteiger partial charge is 0.478 e. The number of carbonyl (C=O) groups is 3. The van der Waals surface area contributed by atoms with Crippen molar-refractivity contribution < 1.29 is 23.9 Å². The molecule has 3 amide bonds. The average Bonchev–Trinajstić information content (AvgIpc) is 2.39. The molecule has 0 heterocycles. The lowest BCUT2D eigenvalue weighted by molar-refractivity contribution is -0.131. The third-order valence-electron chi connectivity index (χ3n) is 2.29. The zero-order valence-electron chi connectivity index (χ0n) is 10.7. The molecule has 0 aliphatic carbocycles. The number of halogens is 1. The van der Waals surface area contributed by atoms with Crippen LogP contribution in [-0.4, -0.2) is 35.0 Å². The number of aliphatic carboxylic acids is 1. The van der Waals surface area contributed by atoms with Crippen molar-refractivity contribution in [2.45, 2.75) is 6.54 Å². The number of carbonyl (C=O) groups excluding carboxylic acids is 2. The van der Waals surface area contributed by atoms with E-state index >= 15 is 0 Å². The fraction of sp³-hybridized carbons (Fsp3) is 0.154. The first-order valence-corrected chi connectivity index (χ1v) is 5.60. The van der Waals surface area contributed by atoms with Gasteiger partial charge in [-0.05, 0) is 17.7 Å². The molecule has 6 nitrogen and oxygen atoms in total. The molecular weight excluding hydrogens is 267 g/mol. The molecule has 7 heteroatoms. The molecule has 0 unspecified atom stereocenters. The third-order valence-corrected chi connectivity index (χ3v) is 2.29. The number of rotatable bonds is 4. The summed E-state index contributed by atoms with van der Waals surface area (Å²) in [6, 6.07) is 4.88. The van der Waals surface area contributed by atoms with Crippen molar-refractivity contribution in [3.05, 3.63) is 47.8 Å². The van der Waals surface area contributed by atoms with Gasteiger partial charge in [0.25, 0.3) is 5.91 Å². The van der Waals surface area contributed by atoms with Crippen molar-refractivity contribution in [2.24, 2.45) is 0 Å². The van der Waals surface area contributed by atoms with E-state index in [0.717, 1.165) is 6.08 Å². The zero-order valence-corrected chi connectivity index (χ0v) is 10.7. The van der Waals surface area contributed by atoms with E-state index in [0.29, 0.717) is 11.6 Å². The van der Waals surface area contributed by atoms with Crippen LogP contribution in [0.3, 0.4) is 0 Å². The maximum Gasteiger partial charge on any atom is 0.328 e. The van der Waals surface area contributed by atoms with Crippen LogP contribution >= 0.6 is 0 Å². The summed E-state index contributed by atoms with van der Waals surface area (Å²) in [5.74, 6) is -2.49. The summed E-state index contributed by atoms with van der Waals surface area (Å²) in [7, 11) is 1.45. The fourth-order valence-corrected chi connectivity index (χ4v) is 1.32. The lowest BCUT2D eigenvalue weighted by Crippen LogP contribution is -2.39. The van der Waals surface area contributed by atoms with Crippen LogP contribution in [0.4, 0.5) is 9.18 Å². The molecule has 0 aliphatic rings. The Hall–Kier alpha value is -2.70. The number of carboxylic acid groups (broad SMARTS) is 1. The number of urea groups is 1. The quantitative estimate of drug-likeness (QED) is 0.809. The SMILES string of the molecule is CN(Cc1ccc(F)cc1)C(=O)NC(=O)C=CC(=O)O. The highest BCUT2D eigenvalue weighted by Gasteiger charge is 2.11. The zero-order chi connectivity index (χ0) is 15.1. The maximum absolute atomic E-state index is 12.7. The van der Waals surface area contributed by atoms with Crippen molar-refractivity contribution in [2.75, 3.05) is 7.05 Å². The number of carboxylic acids is 1. The lowest BCUT2D eigenvalue weighted by atomic mass is 10.2. The minimum Gasteiger partial charge on any atom is -0.478 e. The van der Waals surface area contributed by atoms with Gasteiger partial charge in [0.05, 0.1) is 0 Å². The summed E-state index contributed by atoms with van der Waals surface area (Å²) < 4.78 is 12.7. The van der Waals surface area contributed by atoms with Gasteiger partial charge in [0.2, 0.25) is 0 Å². The smallest absolute Gasteiger partial charge is 0.328 e. The number of hydrogen-bond acceptors (Lipinski definition) is 3. The monoisotopic (exact) mass is 280 g/mol. The van der Waals surface area contributed by atoms with Crippen molar-refractivity contribution in [3.63, 3.8) is 0 Å². The summed E-state index contributed by atoms with van der Waals surface area (Å²) in [6.07, 6.45) is 1.37. The molecule has 0 saturated carbocycles. The Balaban J connectivity index is 2.52. The van der Waals surface area contributed by atoms with E-state index in [2.05, 4.69) is 0 Å². The van der Waals surface area contributed by atoms with Crippen LogP contribution in [0.2, 0.25) is 0 Å². The Labute approximate surface area is 114 Å². The van der Waals surface area contributed by atoms with Gasteiger partial charge >= 0.3 is 12.0 Å². The molecule has 1 aromatic rings. The van der Waals surface area contributed by atoms with Gasteiger partial charge in [0, 0.05) is 25.7 Å². The van der Waals surface area contributed by atoms with Crippen LogP contribution in [0.1, 0.15) is 5.56 Å². The second-order valence-corrected chi connectivity index (χ2v) is 3.95. The second kappa shape index (κ2) is 7.03. The lowest BCUT2D eigenvalue weighted by Gasteiger charge is -2.16. The van der Waals surface area contributed by atoms with E-state index in [1.165, 1.54) is 36.2 Å². The Morgan fingerprint density at radius 2 is 1.85 bits per heavy atom. The van der Waals surface area contributed by atoms with E-state index in [4.69, 9.17) is 5.11 Å². The van der Waals surface area contributed by atoms with Crippen molar-refractivity contribution in [1.82, 2.24) is 10.2 Å². The molecule has 0 fully saturated rings. The minimum absolute atomic E-state index is 0.183. The fourth-order valence-electron chi connectivity index (χ4n) is 1.32. The summed E-state index contributed by atoms with van der Waals surface area (Å²) in [6.45, 7) is 0.183. The molecule has 106 valence electrons. The average molecular weight is 280 g/mol. The van der Waals surface area contributed by atoms with Gasteiger partial charge in [0.1, 0.15) is 5.82 Å². The van der Waals surface area contributed by atoms with Gasteiger partial charge < -0.3 is 10.0 Å². The molecular formula is C13H13FN2O4. The van der Waals surface area contributed by atoms with E-state index in [9.17, 15) is 18.8 Å². The number of imide groups is 1. The second-order valence-electron chi connectivity index (χ2n) is 3.95. The Bertz CT molecular complexity index is 540. The summed E-state index contributed by atoms with van der Waals surface area (Å²) in [5.41, 5.74) is 0.692. The molecule has 0 atom stereocenters. The van der Waals surface area contributed by atoms with Gasteiger partial charge in [0.15, 0.2) is 0 Å². The van der Waals surface area contributed by atoms with E-state index in [1.807, 2.05) is 5.32 Å². The first kappa shape index (κ1) is 15.4. The highest BCUT2D eigenvalue weighted by Crippen LogP contribution is 2.05. The van der Waals surface area contributed by atoms with E-state index < -0.39 is 17.9 Å². The normalized spacial score (nSPS) is 10.3. The first-order chi connectivity index (χ1) is 9.38. The van der Waals surface area contributed by atoms with Crippen LogP contribution in [0, 0.1) is 5.82 Å². The highest BCUT2D eigenvalue weighted by molar-refractivity contribution is 6.02. The van der Waals surface area contributed by atoms with Crippen LogP contribution in [0.25, 0.3) is 0 Å². The van der Waals surface area contributed by atoms with Gasteiger partial charge in [-0.2, -0.15) is 0 Å². The Morgan fingerprint density at radius 1 is 1.25 bits per heavy atom. The van der Waals surface area contributed by atoms with Crippen molar-refractivity contribution >= 4 is 17.9 Å². The number of nitrogens with zero attached hydrogens (tertiary/aromatic N) is 1. The van der Waals surface area contributed by atoms with E-state index in [-0.39, 0.29) is 12.4 Å². The molecule has 0 radical (unpaired) electrons. The molecule has 0 aliphatic heterocycles. The molecule has 0 bridgehead atoms. The standard InChI is InChI=1S/C13H13FN2O4/c1-16(8-9-2-4-10(14)5-3-9)13(20)15-11(17)6-7-12(18)19/h2-7H,8H2,1H3,(H,18,19)(H,15,17,20). The molecule has 20 heavy (non-hydrogen) atoms. The molecule has 1 rings (SSSR count). The third kappa shape index (κ3) is 5.30. The van der Waals surface area contributed by atoms with E-state index in [1.54, 1.807) is 0 Å². The number of hydrogen-bond donors (Lipinski definition) is 2. The molecule has 0 spiro atoms. The van der Waals surface area contributed by atoms with Crippen LogP contribution < -0.4 is 5.32 Å². The van der Waals surface area contributed by atoms with Crippen molar-refractivity contribution in [3.8, 4) is 0 Å². The van der Waals surface area contributed by atoms with Crippen LogP contribution in [-0.2, 0) is 16.1 Å². The number of amides is 3. The number of benzene rings is 1. The summed E-state index contributed by atoms with van der Waals surface area (Å²) in [5, 5.41) is 10.3. The van der Waals surface area contributed by atoms with Gasteiger partial charge in [-0.15, -0.1) is 0 Å². The van der Waals surface area contributed by atoms with Gasteiger partial charge in [-0.25, -0.2) is 14.0 Å². The summed E-state index contributed by atoms with van der Waals surface area (Å²) >= 11 is 0. The van der Waals surface area contributed by atoms with Gasteiger partial charge in [-0.1, -0.05) is 12.1 Å². The number of nitrogens with one attached hydrogen (secondary N) is 1. The van der Waals surface area contributed by atoms with Crippen molar-refractivity contribution in [1.29, 1.82) is 0 Å². The van der Waals surface area contributed by atoms with Gasteiger partial charge in [-0.3, -0.25) is 10.1 Å². The summed E-state index contributed by atoms with van der Waals surface area (Å²) in [4.78, 5) is 34.2. The Kier molecular flexibility index (Phi) is 5.40. The maximum atomic E-state index is 12.7. The minimum atomic E-state index is -1.28. The predicted octanol–water partition coefficient (Wildman–Crippen LogP) is 1.13. The predicted molar refractivity (Wildman–Crippen MR) is 68.2 cm³/mol. The van der Waals surface area contributed by atoms with Crippen LogP contribution in [0.5, 0.6) is 0 Å². The van der Waals surface area contributed by atoms with Crippen LogP contribution in [0.15, 0.2) is 36.4 Å². The topological polar surface area (TPSA) is 86.7 Å². The Morgan fingerprint density at radius 3 is 2.40 bits per heavy atom.